The predicted octanol–water partition coefficient (Wildman–Crippen LogP) is 2.95. The van der Waals surface area contributed by atoms with E-state index in [1.165, 1.54) is 24.1 Å². The number of carbonyl (C=O) groups is 1. The van der Waals surface area contributed by atoms with E-state index in [-0.39, 0.29) is 11.9 Å². The summed E-state index contributed by atoms with van der Waals surface area (Å²) in [5, 5.41) is 9.59. The van der Waals surface area contributed by atoms with E-state index in [0.29, 0.717) is 30.4 Å². The zero-order valence-corrected chi connectivity index (χ0v) is 18.6. The first kappa shape index (κ1) is 22.5. The maximum Gasteiger partial charge on any atom is 0.251 e. The standard InChI is InChI=1S/C24H33N5O2/c1-18(19-8-6-10-21(16-19)29-14-4-5-15-29)28-24(25-2)27-13-12-26-23(30)20-9-7-11-22(17-20)31-3/h6-11,16-18H,4-5,12-15H2,1-3H3,(H,26,30)(H2,25,27,28). The number of methoxy groups -OCH3 is 1. The van der Waals surface area contributed by atoms with Gasteiger partial charge in [-0.2, -0.15) is 0 Å². The van der Waals surface area contributed by atoms with Crippen LogP contribution in [0.1, 0.15) is 41.7 Å². The van der Waals surface area contributed by atoms with Crippen molar-refractivity contribution in [1.29, 1.82) is 0 Å². The van der Waals surface area contributed by atoms with Gasteiger partial charge in [-0.25, -0.2) is 0 Å². The van der Waals surface area contributed by atoms with E-state index in [1.54, 1.807) is 32.4 Å². The molecule has 1 saturated heterocycles. The molecule has 2 aromatic rings. The quantitative estimate of drug-likeness (QED) is 0.346. The van der Waals surface area contributed by atoms with Gasteiger partial charge in [0, 0.05) is 44.5 Å². The van der Waals surface area contributed by atoms with Gasteiger partial charge in [-0.1, -0.05) is 18.2 Å². The molecule has 1 heterocycles. The smallest absolute Gasteiger partial charge is 0.251 e. The summed E-state index contributed by atoms with van der Waals surface area (Å²) in [5.41, 5.74) is 3.08. The molecule has 1 aliphatic rings. The van der Waals surface area contributed by atoms with Crippen LogP contribution in [0.4, 0.5) is 5.69 Å². The van der Waals surface area contributed by atoms with Crippen molar-refractivity contribution in [3.8, 4) is 5.75 Å². The van der Waals surface area contributed by atoms with Crippen molar-refractivity contribution in [2.45, 2.75) is 25.8 Å². The molecule has 1 fully saturated rings. The number of guanidine groups is 1. The van der Waals surface area contributed by atoms with E-state index in [1.807, 2.05) is 6.07 Å². The summed E-state index contributed by atoms with van der Waals surface area (Å²) in [6.07, 6.45) is 2.53. The van der Waals surface area contributed by atoms with E-state index >= 15 is 0 Å². The van der Waals surface area contributed by atoms with Gasteiger partial charge in [-0.05, 0) is 55.7 Å². The first-order valence-electron chi connectivity index (χ1n) is 10.8. The van der Waals surface area contributed by atoms with Crippen LogP contribution in [-0.4, -0.2) is 52.2 Å². The Labute approximate surface area is 184 Å². The van der Waals surface area contributed by atoms with Gasteiger partial charge in [-0.15, -0.1) is 0 Å². The van der Waals surface area contributed by atoms with Crippen molar-refractivity contribution >= 4 is 17.6 Å². The Balaban J connectivity index is 1.46. The third-order valence-electron chi connectivity index (χ3n) is 5.45. The number of ether oxygens (including phenoxy) is 1. The maximum atomic E-state index is 12.3. The van der Waals surface area contributed by atoms with Crippen molar-refractivity contribution in [2.24, 2.45) is 4.99 Å². The Kier molecular flexibility index (Phi) is 8.15. The Morgan fingerprint density at radius 3 is 2.58 bits per heavy atom. The van der Waals surface area contributed by atoms with Crippen LogP contribution in [0.15, 0.2) is 53.5 Å². The highest BCUT2D eigenvalue weighted by Crippen LogP contribution is 2.23. The lowest BCUT2D eigenvalue weighted by Gasteiger charge is -2.22. The molecule has 1 aliphatic heterocycles. The molecule has 0 saturated carbocycles. The lowest BCUT2D eigenvalue weighted by molar-refractivity contribution is 0.0954. The molecule has 0 aliphatic carbocycles. The van der Waals surface area contributed by atoms with Crippen LogP contribution in [0, 0.1) is 0 Å². The summed E-state index contributed by atoms with van der Waals surface area (Å²) in [7, 11) is 3.33. The monoisotopic (exact) mass is 423 g/mol. The minimum atomic E-state index is -0.129. The number of benzene rings is 2. The number of carbonyl (C=O) groups excluding carboxylic acids is 1. The number of anilines is 1. The van der Waals surface area contributed by atoms with E-state index < -0.39 is 0 Å². The third kappa shape index (κ3) is 6.38. The molecule has 0 aromatic heterocycles. The minimum Gasteiger partial charge on any atom is -0.497 e. The summed E-state index contributed by atoms with van der Waals surface area (Å²) in [5.74, 6) is 1.24. The van der Waals surface area contributed by atoms with Crippen molar-refractivity contribution in [2.75, 3.05) is 45.2 Å². The van der Waals surface area contributed by atoms with Crippen LogP contribution in [0.5, 0.6) is 5.75 Å². The van der Waals surface area contributed by atoms with Gasteiger partial charge in [0.2, 0.25) is 0 Å². The molecule has 31 heavy (non-hydrogen) atoms. The van der Waals surface area contributed by atoms with Gasteiger partial charge < -0.3 is 25.6 Å². The fraction of sp³-hybridized carbons (Fsp3) is 0.417. The second-order valence-corrected chi connectivity index (χ2v) is 7.64. The second-order valence-electron chi connectivity index (χ2n) is 7.64. The van der Waals surface area contributed by atoms with Gasteiger partial charge in [0.25, 0.3) is 5.91 Å². The molecular formula is C24H33N5O2. The third-order valence-corrected chi connectivity index (χ3v) is 5.45. The topological polar surface area (TPSA) is 78.0 Å². The van der Waals surface area contributed by atoms with Crippen molar-refractivity contribution in [1.82, 2.24) is 16.0 Å². The highest BCUT2D eigenvalue weighted by Gasteiger charge is 2.14. The Morgan fingerprint density at radius 2 is 1.84 bits per heavy atom. The molecule has 166 valence electrons. The van der Waals surface area contributed by atoms with Crippen LogP contribution in [0.3, 0.4) is 0 Å². The number of rotatable bonds is 8. The zero-order chi connectivity index (χ0) is 22.1. The minimum absolute atomic E-state index is 0.111. The van der Waals surface area contributed by atoms with Gasteiger partial charge in [0.15, 0.2) is 5.96 Å². The van der Waals surface area contributed by atoms with Gasteiger partial charge in [0.1, 0.15) is 5.75 Å². The summed E-state index contributed by atoms with van der Waals surface area (Å²) in [6, 6.07) is 15.9. The van der Waals surface area contributed by atoms with Crippen LogP contribution in [-0.2, 0) is 0 Å². The summed E-state index contributed by atoms with van der Waals surface area (Å²) >= 11 is 0. The molecular weight excluding hydrogens is 390 g/mol. The molecule has 2 aromatic carbocycles. The molecule has 3 N–H and O–H groups in total. The largest absolute Gasteiger partial charge is 0.497 e. The number of aliphatic imine (C=N–C) groups is 1. The molecule has 1 atom stereocenters. The first-order chi connectivity index (χ1) is 15.1. The molecule has 1 unspecified atom stereocenters. The van der Waals surface area contributed by atoms with Gasteiger partial charge in [0.05, 0.1) is 13.2 Å². The summed E-state index contributed by atoms with van der Waals surface area (Å²) in [4.78, 5) is 19.0. The summed E-state index contributed by atoms with van der Waals surface area (Å²) in [6.45, 7) is 5.44. The van der Waals surface area contributed by atoms with Crippen LogP contribution in [0.25, 0.3) is 0 Å². The highest BCUT2D eigenvalue weighted by molar-refractivity contribution is 5.94. The van der Waals surface area contributed by atoms with Crippen molar-refractivity contribution in [3.05, 3.63) is 59.7 Å². The van der Waals surface area contributed by atoms with Crippen LogP contribution >= 0.6 is 0 Å². The number of nitrogens with zero attached hydrogens (tertiary/aromatic N) is 2. The van der Waals surface area contributed by atoms with Crippen molar-refractivity contribution in [3.63, 3.8) is 0 Å². The Bertz CT molecular complexity index is 893. The molecule has 0 radical (unpaired) electrons. The average Bonchev–Trinajstić information content (AvgIpc) is 3.36. The van der Waals surface area contributed by atoms with E-state index in [9.17, 15) is 4.79 Å². The lowest BCUT2D eigenvalue weighted by Crippen LogP contribution is -2.42. The van der Waals surface area contributed by atoms with Gasteiger partial charge in [-0.3, -0.25) is 9.79 Å². The molecule has 3 rings (SSSR count). The lowest BCUT2D eigenvalue weighted by atomic mass is 10.1. The number of hydrogen-bond acceptors (Lipinski definition) is 4. The number of hydrogen-bond donors (Lipinski definition) is 3. The average molecular weight is 424 g/mol. The van der Waals surface area contributed by atoms with Crippen LogP contribution in [0.2, 0.25) is 0 Å². The Hall–Kier alpha value is -3.22. The van der Waals surface area contributed by atoms with E-state index in [2.05, 4.69) is 57.0 Å². The van der Waals surface area contributed by atoms with Crippen molar-refractivity contribution < 1.29 is 9.53 Å². The summed E-state index contributed by atoms with van der Waals surface area (Å²) < 4.78 is 5.17. The second kappa shape index (κ2) is 11.2. The van der Waals surface area contributed by atoms with Gasteiger partial charge >= 0.3 is 0 Å². The first-order valence-corrected chi connectivity index (χ1v) is 10.8. The highest BCUT2D eigenvalue weighted by atomic mass is 16.5. The normalized spacial score (nSPS) is 14.8. The predicted molar refractivity (Wildman–Crippen MR) is 126 cm³/mol. The molecule has 7 heteroatoms. The molecule has 1 amide bonds. The molecule has 0 bridgehead atoms. The van der Waals surface area contributed by atoms with E-state index in [4.69, 9.17) is 4.74 Å². The Morgan fingerprint density at radius 1 is 1.10 bits per heavy atom. The number of amides is 1. The number of nitrogens with one attached hydrogen (secondary N) is 3. The zero-order valence-electron chi connectivity index (χ0n) is 18.6. The SMILES string of the molecule is CN=C(NCCNC(=O)c1cccc(OC)c1)NC(C)c1cccc(N2CCCC2)c1. The molecule has 7 nitrogen and oxygen atoms in total. The van der Waals surface area contributed by atoms with Crippen LogP contribution < -0.4 is 25.6 Å². The fourth-order valence-electron chi connectivity index (χ4n) is 3.67. The molecule has 0 spiro atoms. The maximum absolute atomic E-state index is 12.3. The fourth-order valence-corrected chi connectivity index (χ4v) is 3.67. The van der Waals surface area contributed by atoms with E-state index in [0.717, 1.165) is 13.1 Å².